The van der Waals surface area contributed by atoms with Crippen LogP contribution in [0.5, 0.6) is 0 Å². The number of carbonyl (C=O) groups excluding carboxylic acids is 2. The Bertz CT molecular complexity index is 1420. The van der Waals surface area contributed by atoms with Gasteiger partial charge in [-0.3, -0.25) is 9.36 Å². The van der Waals surface area contributed by atoms with Crippen LogP contribution in [0.4, 0.5) is 0 Å². The van der Waals surface area contributed by atoms with E-state index < -0.39 is 5.97 Å². The molecule has 0 saturated heterocycles. The predicted molar refractivity (Wildman–Crippen MR) is 122 cm³/mol. The molecule has 1 aliphatic heterocycles. The molecule has 3 aromatic rings. The van der Waals surface area contributed by atoms with E-state index in [1.54, 1.807) is 63.2 Å². The van der Waals surface area contributed by atoms with Crippen LogP contribution in [0, 0.1) is 0 Å². The average Bonchev–Trinajstić information content (AvgIpc) is 3.38. The Morgan fingerprint density at radius 1 is 1.09 bits per heavy atom. The summed E-state index contributed by atoms with van der Waals surface area (Å²) in [7, 11) is 0. The maximum absolute atomic E-state index is 12.9. The highest BCUT2D eigenvalue weighted by atomic mass is 32.1. The van der Waals surface area contributed by atoms with Gasteiger partial charge in [0.2, 0.25) is 0 Å². The zero-order chi connectivity index (χ0) is 23.5. The molecule has 1 aromatic carbocycles. The second-order valence-corrected chi connectivity index (χ2v) is 8.19. The van der Waals surface area contributed by atoms with Gasteiger partial charge in [0, 0.05) is 11.6 Å². The van der Waals surface area contributed by atoms with Crippen LogP contribution in [-0.2, 0) is 20.8 Å². The summed E-state index contributed by atoms with van der Waals surface area (Å²) in [6.07, 6.45) is 1.66. The van der Waals surface area contributed by atoms with Gasteiger partial charge >= 0.3 is 11.9 Å². The molecule has 0 fully saturated rings. The smallest absolute Gasteiger partial charge is 0.338 e. The second-order valence-electron chi connectivity index (χ2n) is 7.18. The molecule has 1 aliphatic rings. The Hall–Kier alpha value is -3.72. The van der Waals surface area contributed by atoms with Crippen molar-refractivity contribution in [3.05, 3.63) is 78.7 Å². The largest absolute Gasteiger partial charge is 0.463 e. The van der Waals surface area contributed by atoms with Crippen LogP contribution in [0.15, 0.2) is 61.9 Å². The fraction of sp³-hybridized carbons (Fsp3) is 0.250. The fourth-order valence-corrected chi connectivity index (χ4v) is 4.35. The third kappa shape index (κ3) is 4.58. The van der Waals surface area contributed by atoms with Crippen LogP contribution in [-0.4, -0.2) is 29.7 Å². The molecule has 0 aliphatic carbocycles. The molecule has 0 unspecified atom stereocenters. The Labute approximate surface area is 193 Å². The van der Waals surface area contributed by atoms with Crippen molar-refractivity contribution in [1.82, 2.24) is 4.57 Å². The summed E-state index contributed by atoms with van der Waals surface area (Å²) >= 11 is 1.23. The first-order valence-electron chi connectivity index (χ1n) is 10.5. The number of nitrogens with zero attached hydrogens (tertiary/aromatic N) is 2. The molecule has 33 heavy (non-hydrogen) atoms. The van der Waals surface area contributed by atoms with E-state index in [9.17, 15) is 14.4 Å². The van der Waals surface area contributed by atoms with Crippen molar-refractivity contribution in [2.75, 3.05) is 13.2 Å². The highest BCUT2D eigenvalue weighted by Crippen LogP contribution is 2.23. The quantitative estimate of drug-likeness (QED) is 0.518. The highest BCUT2D eigenvalue weighted by Gasteiger charge is 2.21. The lowest BCUT2D eigenvalue weighted by molar-refractivity contribution is -0.138. The van der Waals surface area contributed by atoms with Crippen LogP contribution in [0.1, 0.15) is 36.9 Å². The van der Waals surface area contributed by atoms with Crippen molar-refractivity contribution in [2.45, 2.75) is 27.3 Å². The summed E-state index contributed by atoms with van der Waals surface area (Å²) < 4.78 is 17.9. The van der Waals surface area contributed by atoms with E-state index >= 15 is 0 Å². The lowest BCUT2D eigenvalue weighted by atomic mass is 10.1. The maximum Gasteiger partial charge on any atom is 0.338 e. The molecule has 8 nitrogen and oxygen atoms in total. The van der Waals surface area contributed by atoms with E-state index in [1.807, 2.05) is 0 Å². The van der Waals surface area contributed by atoms with Gasteiger partial charge in [0.25, 0.3) is 5.56 Å². The molecule has 0 saturated carbocycles. The Morgan fingerprint density at radius 3 is 2.48 bits per heavy atom. The lowest BCUT2D eigenvalue weighted by Gasteiger charge is -2.12. The molecule has 9 heteroatoms. The number of thiazole rings is 1. The van der Waals surface area contributed by atoms with Crippen molar-refractivity contribution in [3.63, 3.8) is 0 Å². The van der Waals surface area contributed by atoms with Crippen LogP contribution in [0.2, 0.25) is 0 Å². The van der Waals surface area contributed by atoms with Crippen molar-refractivity contribution < 1.29 is 23.5 Å². The maximum atomic E-state index is 12.9. The third-order valence-electron chi connectivity index (χ3n) is 5.01. The monoisotopic (exact) mass is 466 g/mol. The summed E-state index contributed by atoms with van der Waals surface area (Å²) in [4.78, 5) is 41.8. The third-order valence-corrected chi connectivity index (χ3v) is 6.01. The average molecular weight is 467 g/mol. The van der Waals surface area contributed by atoms with Crippen molar-refractivity contribution in [3.8, 4) is 11.3 Å². The first kappa shape index (κ1) is 22.5. The van der Waals surface area contributed by atoms with Crippen LogP contribution in [0.3, 0.4) is 0 Å². The highest BCUT2D eigenvalue weighted by molar-refractivity contribution is 7.07. The zero-order valence-electron chi connectivity index (χ0n) is 18.4. The molecule has 0 spiro atoms. The number of furan rings is 1. The number of benzene rings is 1. The minimum Gasteiger partial charge on any atom is -0.463 e. The van der Waals surface area contributed by atoms with E-state index in [-0.39, 0.29) is 24.7 Å². The fourth-order valence-electron chi connectivity index (χ4n) is 3.34. The number of allylic oxidation sites excluding steroid dienone is 1. The van der Waals surface area contributed by atoms with E-state index in [2.05, 4.69) is 4.99 Å². The lowest BCUT2D eigenvalue weighted by Crippen LogP contribution is -2.35. The number of hydrogen-bond donors (Lipinski definition) is 0. The number of ether oxygens (including phenoxy) is 2. The molecule has 2 aromatic heterocycles. The van der Waals surface area contributed by atoms with Gasteiger partial charge in [-0.2, -0.15) is 0 Å². The van der Waals surface area contributed by atoms with E-state index in [0.717, 1.165) is 5.56 Å². The summed E-state index contributed by atoms with van der Waals surface area (Å²) in [6, 6.07) is 10.5. The molecular formula is C24H22N2O6S. The Kier molecular flexibility index (Phi) is 6.41. The predicted octanol–water partition coefficient (Wildman–Crippen LogP) is 2.65. The number of esters is 2. The number of hydrogen-bond acceptors (Lipinski definition) is 8. The minimum atomic E-state index is -0.460. The van der Waals surface area contributed by atoms with Crippen LogP contribution < -0.4 is 14.9 Å². The SMILES string of the molecule is CCOC(=O)C1=C(C)N=c2s/c(=C\c3ccc(-c4ccc(C(=O)OCC)cc4)o3)c(=O)n2C1. The first-order chi connectivity index (χ1) is 15.9. The van der Waals surface area contributed by atoms with Crippen LogP contribution >= 0.6 is 11.3 Å². The molecule has 0 radical (unpaired) electrons. The van der Waals surface area contributed by atoms with Gasteiger partial charge in [0.1, 0.15) is 11.5 Å². The Balaban J connectivity index is 1.60. The molecule has 0 N–H and O–H groups in total. The second kappa shape index (κ2) is 9.41. The summed E-state index contributed by atoms with van der Waals surface area (Å²) in [5.74, 6) is 0.273. The molecule has 0 atom stereocenters. The van der Waals surface area contributed by atoms with Gasteiger partial charge in [-0.25, -0.2) is 14.6 Å². The Morgan fingerprint density at radius 2 is 1.79 bits per heavy atom. The topological polar surface area (TPSA) is 100 Å². The van der Waals surface area contributed by atoms with Gasteiger partial charge < -0.3 is 13.9 Å². The van der Waals surface area contributed by atoms with Gasteiger partial charge in [-0.15, -0.1) is 0 Å². The van der Waals surface area contributed by atoms with Crippen molar-refractivity contribution in [2.24, 2.45) is 4.99 Å². The van der Waals surface area contributed by atoms with Gasteiger partial charge in [0.05, 0.1) is 41.1 Å². The first-order valence-corrected chi connectivity index (χ1v) is 11.3. The molecule has 170 valence electrons. The number of aromatic nitrogens is 1. The summed E-state index contributed by atoms with van der Waals surface area (Å²) in [5.41, 5.74) is 1.93. The van der Waals surface area contributed by atoms with Gasteiger partial charge in [-0.1, -0.05) is 23.5 Å². The van der Waals surface area contributed by atoms with E-state index in [0.29, 0.717) is 44.3 Å². The molecular weight excluding hydrogens is 444 g/mol. The van der Waals surface area contributed by atoms with Crippen LogP contribution in [0.25, 0.3) is 17.4 Å². The van der Waals surface area contributed by atoms with E-state index in [1.165, 1.54) is 15.9 Å². The normalized spacial score (nSPS) is 13.5. The molecule has 0 amide bonds. The minimum absolute atomic E-state index is 0.128. The van der Waals surface area contributed by atoms with Gasteiger partial charge in [-0.05, 0) is 45.0 Å². The zero-order valence-corrected chi connectivity index (χ0v) is 19.2. The van der Waals surface area contributed by atoms with Crippen molar-refractivity contribution in [1.29, 1.82) is 0 Å². The number of rotatable bonds is 6. The summed E-state index contributed by atoms with van der Waals surface area (Å²) in [6.45, 7) is 5.92. The number of fused-ring (bicyclic) bond motifs is 1. The molecule has 0 bridgehead atoms. The molecule has 3 heterocycles. The molecule has 4 rings (SSSR count). The van der Waals surface area contributed by atoms with Crippen molar-refractivity contribution >= 4 is 29.4 Å². The number of carbonyl (C=O) groups is 2. The standard InChI is InChI=1S/C24H22N2O6S/c1-4-30-22(28)16-8-6-15(7-9-16)19-11-10-17(32-19)12-20-21(27)26-13-18(23(29)31-5-2)14(3)25-24(26)33-20/h6-12H,4-5,13H2,1-3H3/b20-12-. The summed E-state index contributed by atoms with van der Waals surface area (Å²) in [5, 5.41) is 0. The van der Waals surface area contributed by atoms with E-state index in [4.69, 9.17) is 13.9 Å². The van der Waals surface area contributed by atoms with Gasteiger partial charge in [0.15, 0.2) is 4.80 Å².